The van der Waals surface area contributed by atoms with Gasteiger partial charge in [0, 0.05) is 18.7 Å². The molecule has 0 aliphatic carbocycles. The number of carboxylic acids is 1. The lowest BCUT2D eigenvalue weighted by molar-refractivity contribution is -0.384. The molecular formula is C12H16N2O6S. The number of hydrogen-bond donors (Lipinski definition) is 1. The highest BCUT2D eigenvalue weighted by molar-refractivity contribution is 7.89. The van der Waals surface area contributed by atoms with Gasteiger partial charge in [-0.25, -0.2) is 8.42 Å². The molecule has 0 amide bonds. The quantitative estimate of drug-likeness (QED) is 0.599. The van der Waals surface area contributed by atoms with Crippen molar-refractivity contribution in [2.24, 2.45) is 5.92 Å². The van der Waals surface area contributed by atoms with E-state index in [9.17, 15) is 23.3 Å². The fraction of sp³-hybridized carbons (Fsp3) is 0.417. The highest BCUT2D eigenvalue weighted by Gasteiger charge is 2.27. The lowest BCUT2D eigenvalue weighted by atomic mass is 10.2. The second-order valence-electron chi connectivity index (χ2n) is 4.84. The van der Waals surface area contributed by atoms with Gasteiger partial charge in [-0.05, 0) is 18.1 Å². The first-order valence-corrected chi connectivity index (χ1v) is 7.55. The fourth-order valence-corrected chi connectivity index (χ4v) is 3.25. The van der Waals surface area contributed by atoms with Gasteiger partial charge < -0.3 is 5.11 Å². The SMILES string of the molecule is CC(C)CN(CC(=O)O)S(=O)(=O)c1ccc([N+](=O)[O-])cc1. The van der Waals surface area contributed by atoms with Crippen LogP contribution in [0.3, 0.4) is 0 Å². The third-order valence-electron chi connectivity index (χ3n) is 2.57. The van der Waals surface area contributed by atoms with Crippen LogP contribution in [-0.2, 0) is 14.8 Å². The first-order chi connectivity index (χ1) is 9.64. The molecule has 1 N–H and O–H groups in total. The number of sulfonamides is 1. The van der Waals surface area contributed by atoms with Crippen molar-refractivity contribution >= 4 is 21.7 Å². The van der Waals surface area contributed by atoms with Gasteiger partial charge in [0.2, 0.25) is 10.0 Å². The molecule has 9 heteroatoms. The molecule has 0 aliphatic heterocycles. The number of non-ortho nitro benzene ring substituents is 1. The lowest BCUT2D eigenvalue weighted by Crippen LogP contribution is -2.38. The summed E-state index contributed by atoms with van der Waals surface area (Å²) in [6, 6.07) is 4.34. The molecule has 0 radical (unpaired) electrons. The Hall–Kier alpha value is -2.00. The number of nitrogens with zero attached hydrogens (tertiary/aromatic N) is 2. The molecule has 0 saturated heterocycles. The van der Waals surface area contributed by atoms with E-state index < -0.39 is 27.5 Å². The van der Waals surface area contributed by atoms with Crippen LogP contribution in [0.15, 0.2) is 29.2 Å². The van der Waals surface area contributed by atoms with Gasteiger partial charge in [-0.15, -0.1) is 0 Å². The second-order valence-corrected chi connectivity index (χ2v) is 6.77. The molecular weight excluding hydrogens is 300 g/mol. The van der Waals surface area contributed by atoms with Crippen LogP contribution < -0.4 is 0 Å². The summed E-state index contributed by atoms with van der Waals surface area (Å²) in [4.78, 5) is 20.6. The number of hydrogen-bond acceptors (Lipinski definition) is 5. The maximum atomic E-state index is 12.4. The predicted octanol–water partition coefficient (Wildman–Crippen LogP) is 1.33. The van der Waals surface area contributed by atoms with Crippen LogP contribution in [0, 0.1) is 16.0 Å². The number of aliphatic carboxylic acids is 1. The monoisotopic (exact) mass is 316 g/mol. The zero-order valence-electron chi connectivity index (χ0n) is 11.6. The van der Waals surface area contributed by atoms with Crippen molar-refractivity contribution in [3.63, 3.8) is 0 Å². The Morgan fingerprint density at radius 2 is 1.86 bits per heavy atom. The minimum Gasteiger partial charge on any atom is -0.480 e. The van der Waals surface area contributed by atoms with E-state index in [2.05, 4.69) is 0 Å². The summed E-state index contributed by atoms with van der Waals surface area (Å²) in [5, 5.41) is 19.4. The van der Waals surface area contributed by atoms with E-state index in [1.54, 1.807) is 13.8 Å². The number of carbonyl (C=O) groups is 1. The van der Waals surface area contributed by atoms with Gasteiger partial charge in [0.25, 0.3) is 5.69 Å². The number of nitro groups is 1. The van der Waals surface area contributed by atoms with E-state index in [0.29, 0.717) is 0 Å². The molecule has 21 heavy (non-hydrogen) atoms. The number of nitro benzene ring substituents is 1. The summed E-state index contributed by atoms with van der Waals surface area (Å²) in [6.45, 7) is 2.92. The lowest BCUT2D eigenvalue weighted by Gasteiger charge is -2.22. The van der Waals surface area contributed by atoms with Gasteiger partial charge in [0.1, 0.15) is 6.54 Å². The number of benzene rings is 1. The van der Waals surface area contributed by atoms with Gasteiger partial charge in [-0.3, -0.25) is 14.9 Å². The minimum atomic E-state index is -4.00. The van der Waals surface area contributed by atoms with Crippen LogP contribution in [0.4, 0.5) is 5.69 Å². The summed E-state index contributed by atoms with van der Waals surface area (Å²) in [6.07, 6.45) is 0. The van der Waals surface area contributed by atoms with E-state index >= 15 is 0 Å². The molecule has 0 atom stereocenters. The molecule has 0 saturated carbocycles. The Morgan fingerprint density at radius 3 is 2.24 bits per heavy atom. The maximum absolute atomic E-state index is 12.4. The van der Waals surface area contributed by atoms with Crippen molar-refractivity contribution in [1.29, 1.82) is 0 Å². The molecule has 8 nitrogen and oxygen atoms in total. The summed E-state index contributed by atoms with van der Waals surface area (Å²) in [7, 11) is -4.00. The van der Waals surface area contributed by atoms with Gasteiger partial charge in [0.15, 0.2) is 0 Å². The van der Waals surface area contributed by atoms with Crippen LogP contribution in [-0.4, -0.2) is 41.8 Å². The topological polar surface area (TPSA) is 118 Å². The van der Waals surface area contributed by atoms with Crippen LogP contribution >= 0.6 is 0 Å². The van der Waals surface area contributed by atoms with E-state index in [-0.39, 0.29) is 23.0 Å². The van der Waals surface area contributed by atoms with Crippen molar-refractivity contribution in [3.05, 3.63) is 34.4 Å². The Morgan fingerprint density at radius 1 is 1.33 bits per heavy atom. The number of rotatable bonds is 7. The van der Waals surface area contributed by atoms with Gasteiger partial charge in [0.05, 0.1) is 9.82 Å². The normalized spacial score (nSPS) is 11.8. The average Bonchev–Trinajstić information content (AvgIpc) is 2.37. The van der Waals surface area contributed by atoms with Crippen molar-refractivity contribution in [2.45, 2.75) is 18.7 Å². The van der Waals surface area contributed by atoms with E-state index in [4.69, 9.17) is 5.11 Å². The molecule has 0 aromatic heterocycles. The third-order valence-corrected chi connectivity index (χ3v) is 4.39. The smallest absolute Gasteiger partial charge is 0.318 e. The molecule has 1 aromatic carbocycles. The molecule has 0 heterocycles. The van der Waals surface area contributed by atoms with Gasteiger partial charge in [-0.1, -0.05) is 13.8 Å². The van der Waals surface area contributed by atoms with Crippen molar-refractivity contribution < 1.29 is 23.2 Å². The van der Waals surface area contributed by atoms with Crippen molar-refractivity contribution in [1.82, 2.24) is 4.31 Å². The Balaban J connectivity index is 3.15. The predicted molar refractivity (Wildman–Crippen MR) is 74.3 cm³/mol. The Bertz CT molecular complexity index is 624. The van der Waals surface area contributed by atoms with Crippen LogP contribution in [0.25, 0.3) is 0 Å². The molecule has 0 aliphatic rings. The number of carboxylic acid groups (broad SMARTS) is 1. The van der Waals surface area contributed by atoms with Gasteiger partial charge >= 0.3 is 5.97 Å². The van der Waals surface area contributed by atoms with Crippen molar-refractivity contribution in [3.8, 4) is 0 Å². The Kier molecular flexibility index (Phi) is 5.39. The highest BCUT2D eigenvalue weighted by atomic mass is 32.2. The Labute approximate surface area is 122 Å². The fourth-order valence-electron chi connectivity index (χ4n) is 1.69. The van der Waals surface area contributed by atoms with E-state index in [1.165, 1.54) is 0 Å². The summed E-state index contributed by atoms with van der Waals surface area (Å²) in [5.41, 5.74) is -0.234. The first-order valence-electron chi connectivity index (χ1n) is 6.11. The molecule has 116 valence electrons. The van der Waals surface area contributed by atoms with Gasteiger partial charge in [-0.2, -0.15) is 4.31 Å². The molecule has 0 spiro atoms. The molecule has 0 fully saturated rings. The van der Waals surface area contributed by atoms with Crippen LogP contribution in [0.5, 0.6) is 0 Å². The zero-order valence-corrected chi connectivity index (χ0v) is 12.4. The molecule has 1 aromatic rings. The molecule has 1 rings (SSSR count). The van der Waals surface area contributed by atoms with Crippen LogP contribution in [0.2, 0.25) is 0 Å². The average molecular weight is 316 g/mol. The standard InChI is InChI=1S/C12H16N2O6S/c1-9(2)7-13(8-12(15)16)21(19,20)11-5-3-10(4-6-11)14(17)18/h3-6,9H,7-8H2,1-2H3,(H,15,16). The van der Waals surface area contributed by atoms with E-state index in [0.717, 1.165) is 28.6 Å². The zero-order chi connectivity index (χ0) is 16.2. The first kappa shape index (κ1) is 17.1. The van der Waals surface area contributed by atoms with E-state index in [1.807, 2.05) is 0 Å². The summed E-state index contributed by atoms with van der Waals surface area (Å²) in [5.74, 6) is -1.32. The highest BCUT2D eigenvalue weighted by Crippen LogP contribution is 2.20. The largest absolute Gasteiger partial charge is 0.480 e. The molecule has 0 bridgehead atoms. The van der Waals surface area contributed by atoms with Crippen molar-refractivity contribution in [2.75, 3.05) is 13.1 Å². The molecule has 0 unspecified atom stereocenters. The van der Waals surface area contributed by atoms with Crippen LogP contribution in [0.1, 0.15) is 13.8 Å². The summed E-state index contributed by atoms with van der Waals surface area (Å²) < 4.78 is 25.6. The summed E-state index contributed by atoms with van der Waals surface area (Å²) >= 11 is 0. The second kappa shape index (κ2) is 6.64. The maximum Gasteiger partial charge on any atom is 0.318 e. The third kappa shape index (κ3) is 4.50. The minimum absolute atomic E-state index is 0.0472.